The van der Waals surface area contributed by atoms with Crippen LogP contribution in [0.5, 0.6) is 0 Å². The molecule has 136 valence electrons. The first-order valence-electron chi connectivity index (χ1n) is 8.47. The van der Waals surface area contributed by atoms with Gasteiger partial charge in [0.1, 0.15) is 0 Å². The van der Waals surface area contributed by atoms with Crippen molar-refractivity contribution >= 4 is 35.0 Å². The third-order valence-corrected chi connectivity index (χ3v) is 5.24. The Morgan fingerprint density at radius 3 is 1.96 bits per heavy atom. The second-order valence-corrected chi connectivity index (χ2v) is 7.36. The molecule has 2 amide bonds. The number of hydrogen-bond donors (Lipinski definition) is 0. The van der Waals surface area contributed by atoms with E-state index in [1.54, 1.807) is 28.0 Å². The van der Waals surface area contributed by atoms with Crippen LogP contribution in [0.2, 0.25) is 10.0 Å². The molecule has 0 N–H and O–H groups in total. The highest BCUT2D eigenvalue weighted by Crippen LogP contribution is 2.21. The molecule has 3 rings (SSSR count). The molecular weight excluding hydrogens is 371 g/mol. The molecule has 1 aliphatic heterocycles. The van der Waals surface area contributed by atoms with E-state index in [9.17, 15) is 9.59 Å². The van der Waals surface area contributed by atoms with E-state index in [0.29, 0.717) is 41.8 Å². The number of halogens is 2. The molecule has 0 spiro atoms. The first-order chi connectivity index (χ1) is 12.4. The number of hydrogen-bond acceptors (Lipinski definition) is 2. The summed E-state index contributed by atoms with van der Waals surface area (Å²) in [5, 5.41) is 0.870. The monoisotopic (exact) mass is 390 g/mol. The highest BCUT2D eigenvalue weighted by Gasteiger charge is 2.26. The van der Waals surface area contributed by atoms with Gasteiger partial charge in [0.15, 0.2) is 0 Å². The number of carbonyl (C=O) groups is 2. The number of carbonyl (C=O) groups excluding carboxylic acids is 2. The zero-order chi connectivity index (χ0) is 18.8. The minimum Gasteiger partial charge on any atom is -0.335 e. The smallest absolute Gasteiger partial charge is 0.254 e. The summed E-state index contributed by atoms with van der Waals surface area (Å²) in [7, 11) is 0. The van der Waals surface area contributed by atoms with Crippen LogP contribution >= 0.6 is 23.2 Å². The standard InChI is InChI=1S/C20H20Cl2N2O2/c1-13-4-3-5-18(14(13)2)20(26)24-8-6-23(7-9-24)19(25)15-10-16(21)12-17(22)11-15/h3-5,10-12H,6-9H2,1-2H3. The Balaban J connectivity index is 1.68. The maximum atomic E-state index is 12.8. The first-order valence-corrected chi connectivity index (χ1v) is 9.23. The van der Waals surface area contributed by atoms with Crippen molar-refractivity contribution in [2.45, 2.75) is 13.8 Å². The normalized spacial score (nSPS) is 14.5. The largest absolute Gasteiger partial charge is 0.335 e. The van der Waals surface area contributed by atoms with Gasteiger partial charge in [-0.1, -0.05) is 35.3 Å². The van der Waals surface area contributed by atoms with Crippen LogP contribution in [0.3, 0.4) is 0 Å². The van der Waals surface area contributed by atoms with Crippen molar-refractivity contribution in [3.63, 3.8) is 0 Å². The molecule has 0 atom stereocenters. The minimum atomic E-state index is -0.117. The van der Waals surface area contributed by atoms with Crippen LogP contribution in [0.4, 0.5) is 0 Å². The predicted octanol–water partition coefficient (Wildman–Crippen LogP) is 4.21. The average Bonchev–Trinajstić information content (AvgIpc) is 2.62. The van der Waals surface area contributed by atoms with Gasteiger partial charge < -0.3 is 9.80 Å². The van der Waals surface area contributed by atoms with Gasteiger partial charge in [-0.05, 0) is 49.2 Å². The fraction of sp³-hybridized carbons (Fsp3) is 0.300. The van der Waals surface area contributed by atoms with Crippen molar-refractivity contribution in [2.75, 3.05) is 26.2 Å². The summed E-state index contributed by atoms with van der Waals surface area (Å²) >= 11 is 12.0. The summed E-state index contributed by atoms with van der Waals surface area (Å²) in [5.41, 5.74) is 3.30. The van der Waals surface area contributed by atoms with Crippen LogP contribution in [0.1, 0.15) is 31.8 Å². The number of piperazine rings is 1. The molecule has 1 saturated heterocycles. The molecule has 2 aromatic rings. The Morgan fingerprint density at radius 2 is 1.38 bits per heavy atom. The van der Waals surface area contributed by atoms with Crippen LogP contribution < -0.4 is 0 Å². The molecule has 1 fully saturated rings. The SMILES string of the molecule is Cc1cccc(C(=O)N2CCN(C(=O)c3cc(Cl)cc(Cl)c3)CC2)c1C. The van der Waals surface area contributed by atoms with E-state index in [1.807, 2.05) is 32.0 Å². The molecule has 1 heterocycles. The Bertz CT molecular complexity index is 839. The molecule has 4 nitrogen and oxygen atoms in total. The average molecular weight is 391 g/mol. The zero-order valence-corrected chi connectivity index (χ0v) is 16.3. The van der Waals surface area contributed by atoms with Crippen molar-refractivity contribution in [2.24, 2.45) is 0 Å². The summed E-state index contributed by atoms with van der Waals surface area (Å²) in [6, 6.07) is 10.6. The van der Waals surface area contributed by atoms with Gasteiger partial charge in [0.25, 0.3) is 11.8 Å². The molecule has 0 radical (unpaired) electrons. The Hall–Kier alpha value is -2.04. The second kappa shape index (κ2) is 7.68. The third kappa shape index (κ3) is 3.87. The van der Waals surface area contributed by atoms with Gasteiger partial charge in [0.2, 0.25) is 0 Å². The van der Waals surface area contributed by atoms with E-state index in [2.05, 4.69) is 0 Å². The molecule has 0 aliphatic carbocycles. The lowest BCUT2D eigenvalue weighted by Crippen LogP contribution is -2.50. The third-order valence-electron chi connectivity index (χ3n) is 4.80. The van der Waals surface area contributed by atoms with Crippen molar-refractivity contribution in [3.8, 4) is 0 Å². The molecular formula is C20H20Cl2N2O2. The maximum Gasteiger partial charge on any atom is 0.254 e. The quantitative estimate of drug-likeness (QED) is 0.770. The van der Waals surface area contributed by atoms with Crippen molar-refractivity contribution < 1.29 is 9.59 Å². The fourth-order valence-electron chi connectivity index (χ4n) is 3.13. The lowest BCUT2D eigenvalue weighted by Gasteiger charge is -2.35. The van der Waals surface area contributed by atoms with Gasteiger partial charge in [-0.25, -0.2) is 0 Å². The molecule has 0 unspecified atom stereocenters. The van der Waals surface area contributed by atoms with E-state index < -0.39 is 0 Å². The molecule has 2 aromatic carbocycles. The Labute approximate surface area is 163 Å². The van der Waals surface area contributed by atoms with E-state index in [4.69, 9.17) is 23.2 Å². The molecule has 0 bridgehead atoms. The van der Waals surface area contributed by atoms with Crippen molar-refractivity contribution in [3.05, 3.63) is 68.7 Å². The van der Waals surface area contributed by atoms with E-state index in [0.717, 1.165) is 16.7 Å². The highest BCUT2D eigenvalue weighted by atomic mass is 35.5. The summed E-state index contributed by atoms with van der Waals surface area (Å²) in [5.74, 6) is -0.0997. The number of benzene rings is 2. The van der Waals surface area contributed by atoms with E-state index in [1.165, 1.54) is 0 Å². The van der Waals surface area contributed by atoms with E-state index in [-0.39, 0.29) is 11.8 Å². The van der Waals surface area contributed by atoms with Crippen LogP contribution in [-0.4, -0.2) is 47.8 Å². The fourth-order valence-corrected chi connectivity index (χ4v) is 3.65. The van der Waals surface area contributed by atoms with Gasteiger partial charge in [0, 0.05) is 47.4 Å². The molecule has 1 aliphatic rings. The van der Waals surface area contributed by atoms with Gasteiger partial charge in [-0.3, -0.25) is 9.59 Å². The highest BCUT2D eigenvalue weighted by molar-refractivity contribution is 6.35. The Kier molecular flexibility index (Phi) is 5.54. The zero-order valence-electron chi connectivity index (χ0n) is 14.8. The summed E-state index contributed by atoms with van der Waals surface area (Å²) in [4.78, 5) is 29.0. The number of amides is 2. The number of rotatable bonds is 2. The maximum absolute atomic E-state index is 12.8. The lowest BCUT2D eigenvalue weighted by molar-refractivity contribution is 0.0535. The van der Waals surface area contributed by atoms with Gasteiger partial charge in [-0.2, -0.15) is 0 Å². The molecule has 26 heavy (non-hydrogen) atoms. The first kappa shape index (κ1) is 18.7. The molecule has 0 saturated carbocycles. The summed E-state index contributed by atoms with van der Waals surface area (Å²) in [6.45, 7) is 5.95. The second-order valence-electron chi connectivity index (χ2n) is 6.49. The van der Waals surface area contributed by atoms with Gasteiger partial charge >= 0.3 is 0 Å². The minimum absolute atomic E-state index is 0.0177. The van der Waals surface area contributed by atoms with Crippen LogP contribution in [0, 0.1) is 13.8 Å². The number of aryl methyl sites for hydroxylation is 1. The lowest BCUT2D eigenvalue weighted by atomic mass is 10.0. The molecule has 0 aromatic heterocycles. The summed E-state index contributed by atoms with van der Waals surface area (Å²) < 4.78 is 0. The van der Waals surface area contributed by atoms with E-state index >= 15 is 0 Å². The van der Waals surface area contributed by atoms with Crippen molar-refractivity contribution in [1.29, 1.82) is 0 Å². The number of nitrogens with zero attached hydrogens (tertiary/aromatic N) is 2. The van der Waals surface area contributed by atoms with Crippen LogP contribution in [-0.2, 0) is 0 Å². The van der Waals surface area contributed by atoms with Gasteiger partial charge in [0.05, 0.1) is 0 Å². The van der Waals surface area contributed by atoms with Crippen LogP contribution in [0.25, 0.3) is 0 Å². The van der Waals surface area contributed by atoms with Crippen molar-refractivity contribution in [1.82, 2.24) is 9.80 Å². The predicted molar refractivity (Wildman–Crippen MR) is 104 cm³/mol. The van der Waals surface area contributed by atoms with Crippen LogP contribution in [0.15, 0.2) is 36.4 Å². The van der Waals surface area contributed by atoms with Gasteiger partial charge in [-0.15, -0.1) is 0 Å². The Morgan fingerprint density at radius 1 is 0.846 bits per heavy atom. The topological polar surface area (TPSA) is 40.6 Å². The summed E-state index contributed by atoms with van der Waals surface area (Å²) in [6.07, 6.45) is 0. The molecule has 6 heteroatoms.